The van der Waals surface area contributed by atoms with Crippen LogP contribution in [0.3, 0.4) is 0 Å². The second-order valence-electron chi connectivity index (χ2n) is 4.78. The lowest BCUT2D eigenvalue weighted by molar-refractivity contribution is 0.199. The van der Waals surface area contributed by atoms with Gasteiger partial charge in [0.2, 0.25) is 0 Å². The standard InChI is InChI=1S/C15H20ClN3OS/c1-19(9-14-10-21-11-18-14)15-4-3-13(16)7-12(15)8-17-5-6-20-2/h3-4,7,10-11,17H,5-6,8-9H2,1-2H3. The van der Waals surface area contributed by atoms with Crippen LogP contribution in [0.5, 0.6) is 0 Å². The molecule has 0 aliphatic heterocycles. The minimum Gasteiger partial charge on any atom is -0.383 e. The molecule has 0 fully saturated rings. The molecular weight excluding hydrogens is 306 g/mol. The number of thiazole rings is 1. The van der Waals surface area contributed by atoms with Crippen LogP contribution in [0, 0.1) is 0 Å². The van der Waals surface area contributed by atoms with Crippen molar-refractivity contribution in [2.24, 2.45) is 0 Å². The molecule has 0 aliphatic carbocycles. The quantitative estimate of drug-likeness (QED) is 0.756. The highest BCUT2D eigenvalue weighted by atomic mass is 35.5. The smallest absolute Gasteiger partial charge is 0.0795 e. The third-order valence-electron chi connectivity index (χ3n) is 3.13. The Kier molecular flexibility index (Phi) is 6.45. The first-order valence-electron chi connectivity index (χ1n) is 6.77. The van der Waals surface area contributed by atoms with Gasteiger partial charge in [0.1, 0.15) is 0 Å². The molecule has 0 unspecified atom stereocenters. The average molecular weight is 326 g/mol. The molecule has 0 amide bonds. The van der Waals surface area contributed by atoms with E-state index < -0.39 is 0 Å². The number of hydrogen-bond acceptors (Lipinski definition) is 5. The molecule has 6 heteroatoms. The van der Waals surface area contributed by atoms with Crippen LogP contribution in [0.4, 0.5) is 5.69 Å². The molecule has 0 spiro atoms. The predicted octanol–water partition coefficient (Wildman–Crippen LogP) is 3.17. The summed E-state index contributed by atoms with van der Waals surface area (Å²) in [7, 11) is 3.77. The van der Waals surface area contributed by atoms with Crippen LogP contribution in [-0.2, 0) is 17.8 Å². The molecule has 21 heavy (non-hydrogen) atoms. The monoisotopic (exact) mass is 325 g/mol. The van der Waals surface area contributed by atoms with Gasteiger partial charge in [-0.1, -0.05) is 11.6 Å². The minimum absolute atomic E-state index is 0.699. The number of nitrogens with one attached hydrogen (secondary N) is 1. The molecule has 2 rings (SSSR count). The van der Waals surface area contributed by atoms with Crippen LogP contribution in [-0.4, -0.2) is 32.3 Å². The Morgan fingerprint density at radius 1 is 1.43 bits per heavy atom. The molecule has 1 heterocycles. The van der Waals surface area contributed by atoms with Crippen LogP contribution in [0.1, 0.15) is 11.3 Å². The lowest BCUT2D eigenvalue weighted by atomic mass is 10.1. The Bertz CT molecular complexity index is 548. The van der Waals surface area contributed by atoms with E-state index in [4.69, 9.17) is 16.3 Å². The van der Waals surface area contributed by atoms with Gasteiger partial charge in [-0.2, -0.15) is 0 Å². The Morgan fingerprint density at radius 2 is 2.29 bits per heavy atom. The number of hydrogen-bond donors (Lipinski definition) is 1. The Balaban J connectivity index is 2.06. The first-order chi connectivity index (χ1) is 10.2. The first-order valence-corrected chi connectivity index (χ1v) is 8.09. The molecule has 0 saturated carbocycles. The summed E-state index contributed by atoms with van der Waals surface area (Å²) in [4.78, 5) is 6.53. The topological polar surface area (TPSA) is 37.4 Å². The fraction of sp³-hybridized carbons (Fsp3) is 0.400. The number of ether oxygens (including phenoxy) is 1. The molecule has 114 valence electrons. The second-order valence-corrected chi connectivity index (χ2v) is 5.93. The van der Waals surface area contributed by atoms with Gasteiger partial charge in [0.25, 0.3) is 0 Å². The van der Waals surface area contributed by atoms with Crippen LogP contribution in [0.15, 0.2) is 29.1 Å². The number of nitrogens with zero attached hydrogens (tertiary/aromatic N) is 2. The molecule has 0 saturated heterocycles. The highest BCUT2D eigenvalue weighted by Gasteiger charge is 2.09. The van der Waals surface area contributed by atoms with Crippen molar-refractivity contribution in [3.63, 3.8) is 0 Å². The zero-order valence-corrected chi connectivity index (χ0v) is 13.9. The molecule has 1 N–H and O–H groups in total. The van der Waals surface area contributed by atoms with Crippen molar-refractivity contribution in [1.29, 1.82) is 0 Å². The average Bonchev–Trinajstić information content (AvgIpc) is 2.96. The number of rotatable bonds is 8. The highest BCUT2D eigenvalue weighted by molar-refractivity contribution is 7.07. The lowest BCUT2D eigenvalue weighted by Crippen LogP contribution is -2.22. The Hall–Kier alpha value is -1.14. The molecule has 0 aliphatic rings. The van der Waals surface area contributed by atoms with E-state index in [1.807, 2.05) is 17.6 Å². The highest BCUT2D eigenvalue weighted by Crippen LogP contribution is 2.24. The van der Waals surface area contributed by atoms with Gasteiger partial charge in [-0.3, -0.25) is 0 Å². The van der Waals surface area contributed by atoms with Gasteiger partial charge in [-0.25, -0.2) is 4.98 Å². The van der Waals surface area contributed by atoms with Crippen molar-refractivity contribution in [2.75, 3.05) is 32.2 Å². The fourth-order valence-corrected chi connectivity index (χ4v) is 2.85. The molecular formula is C15H20ClN3OS. The van der Waals surface area contributed by atoms with Crippen LogP contribution < -0.4 is 10.2 Å². The summed E-state index contributed by atoms with van der Waals surface area (Å²) in [5.74, 6) is 0. The van der Waals surface area contributed by atoms with E-state index in [0.29, 0.717) is 6.61 Å². The van der Waals surface area contributed by atoms with E-state index in [-0.39, 0.29) is 0 Å². The van der Waals surface area contributed by atoms with Crippen molar-refractivity contribution in [1.82, 2.24) is 10.3 Å². The van der Waals surface area contributed by atoms with Crippen molar-refractivity contribution in [3.05, 3.63) is 45.4 Å². The molecule has 0 bridgehead atoms. The third-order valence-corrected chi connectivity index (χ3v) is 4.00. The van der Waals surface area contributed by atoms with Crippen LogP contribution >= 0.6 is 22.9 Å². The van der Waals surface area contributed by atoms with Gasteiger partial charge in [-0.05, 0) is 23.8 Å². The molecule has 0 atom stereocenters. The van der Waals surface area contributed by atoms with Crippen molar-refractivity contribution in [3.8, 4) is 0 Å². The molecule has 4 nitrogen and oxygen atoms in total. The summed E-state index contributed by atoms with van der Waals surface area (Å²) in [5, 5.41) is 6.19. The minimum atomic E-state index is 0.699. The number of aromatic nitrogens is 1. The predicted molar refractivity (Wildman–Crippen MR) is 89.3 cm³/mol. The number of methoxy groups -OCH3 is 1. The van der Waals surface area contributed by atoms with E-state index in [2.05, 4.69) is 33.7 Å². The first kappa shape index (κ1) is 16.2. The van der Waals surface area contributed by atoms with Crippen molar-refractivity contribution >= 4 is 28.6 Å². The summed E-state index contributed by atoms with van der Waals surface area (Å²) in [6.07, 6.45) is 0. The maximum atomic E-state index is 6.12. The Morgan fingerprint density at radius 3 is 3.00 bits per heavy atom. The number of anilines is 1. The van der Waals surface area contributed by atoms with Gasteiger partial charge in [0, 0.05) is 43.3 Å². The van der Waals surface area contributed by atoms with E-state index in [1.54, 1.807) is 18.4 Å². The zero-order valence-electron chi connectivity index (χ0n) is 12.3. The van der Waals surface area contributed by atoms with E-state index in [9.17, 15) is 0 Å². The van der Waals surface area contributed by atoms with Crippen LogP contribution in [0.25, 0.3) is 0 Å². The summed E-state index contributed by atoms with van der Waals surface area (Å²) >= 11 is 7.74. The van der Waals surface area contributed by atoms with Gasteiger partial charge >= 0.3 is 0 Å². The molecule has 1 aromatic carbocycles. The third kappa shape index (κ3) is 4.97. The second kappa shape index (κ2) is 8.34. The Labute approximate surface area is 134 Å². The number of benzene rings is 1. The summed E-state index contributed by atoms with van der Waals surface area (Å²) in [5.41, 5.74) is 5.28. The van der Waals surface area contributed by atoms with Gasteiger partial charge in [0.05, 0.1) is 24.4 Å². The summed E-state index contributed by atoms with van der Waals surface area (Å²) in [6, 6.07) is 5.99. The molecule has 1 aromatic heterocycles. The lowest BCUT2D eigenvalue weighted by Gasteiger charge is -2.22. The van der Waals surface area contributed by atoms with E-state index in [1.165, 1.54) is 5.56 Å². The zero-order chi connectivity index (χ0) is 15.1. The maximum absolute atomic E-state index is 6.12. The van der Waals surface area contributed by atoms with Crippen molar-refractivity contribution in [2.45, 2.75) is 13.1 Å². The maximum Gasteiger partial charge on any atom is 0.0795 e. The van der Waals surface area contributed by atoms with Gasteiger partial charge in [-0.15, -0.1) is 11.3 Å². The normalized spacial score (nSPS) is 10.8. The van der Waals surface area contributed by atoms with Crippen molar-refractivity contribution < 1.29 is 4.74 Å². The largest absolute Gasteiger partial charge is 0.383 e. The SMILES string of the molecule is COCCNCc1cc(Cl)ccc1N(C)Cc1cscn1. The van der Waals surface area contributed by atoms with Gasteiger partial charge in [0.15, 0.2) is 0 Å². The van der Waals surface area contributed by atoms with E-state index >= 15 is 0 Å². The molecule has 2 aromatic rings. The fourth-order valence-electron chi connectivity index (χ4n) is 2.11. The van der Waals surface area contributed by atoms with Crippen LogP contribution in [0.2, 0.25) is 5.02 Å². The molecule has 0 radical (unpaired) electrons. The van der Waals surface area contributed by atoms with E-state index in [0.717, 1.165) is 36.0 Å². The summed E-state index contributed by atoms with van der Waals surface area (Å²) < 4.78 is 5.05. The summed E-state index contributed by atoms with van der Waals surface area (Å²) in [6.45, 7) is 3.07. The number of halogens is 1. The van der Waals surface area contributed by atoms with Gasteiger partial charge < -0.3 is 15.0 Å².